The van der Waals surface area contributed by atoms with Crippen LogP contribution in [0.2, 0.25) is 0 Å². The Balaban J connectivity index is 1.61. The van der Waals surface area contributed by atoms with Gasteiger partial charge in [0.15, 0.2) is 0 Å². The molecule has 1 unspecified atom stereocenters. The van der Waals surface area contributed by atoms with Crippen LogP contribution in [0.15, 0.2) is 77.7 Å². The zero-order valence-corrected chi connectivity index (χ0v) is 18.1. The summed E-state index contributed by atoms with van der Waals surface area (Å²) in [6.45, 7) is 0. The smallest absolute Gasteiger partial charge is 0.251 e. The molecule has 3 aromatic rings. The molecule has 0 radical (unpaired) electrons. The van der Waals surface area contributed by atoms with Crippen molar-refractivity contribution in [1.82, 2.24) is 5.32 Å². The van der Waals surface area contributed by atoms with E-state index in [2.05, 4.69) is 5.32 Å². The van der Waals surface area contributed by atoms with E-state index in [1.54, 1.807) is 24.3 Å². The van der Waals surface area contributed by atoms with Crippen molar-refractivity contribution >= 4 is 27.3 Å². The van der Waals surface area contributed by atoms with Crippen molar-refractivity contribution in [3.05, 3.63) is 95.1 Å². The molecule has 0 bridgehead atoms. The van der Waals surface area contributed by atoms with Crippen LogP contribution in [0.1, 0.15) is 45.9 Å². The Bertz CT molecular complexity index is 1290. The van der Waals surface area contributed by atoms with Crippen molar-refractivity contribution in [2.45, 2.75) is 23.8 Å². The fourth-order valence-corrected chi connectivity index (χ4v) is 4.25. The Morgan fingerprint density at radius 1 is 0.969 bits per heavy atom. The van der Waals surface area contributed by atoms with Crippen molar-refractivity contribution in [2.24, 2.45) is 11.1 Å². The van der Waals surface area contributed by atoms with Crippen LogP contribution < -0.4 is 16.2 Å². The molecule has 4 rings (SSSR count). The Labute approximate surface area is 187 Å². The molecule has 1 aliphatic carbocycles. The molecule has 0 aliphatic heterocycles. The summed E-state index contributed by atoms with van der Waals surface area (Å²) in [6.07, 6.45) is 2.13. The van der Waals surface area contributed by atoms with Crippen LogP contribution in [-0.4, -0.2) is 20.0 Å². The second-order valence-electron chi connectivity index (χ2n) is 7.95. The summed E-state index contributed by atoms with van der Waals surface area (Å²) in [5, 5.41) is 16.9. The highest BCUT2D eigenvalue weighted by Crippen LogP contribution is 2.41. The van der Waals surface area contributed by atoms with E-state index < -0.39 is 10.0 Å². The monoisotopic (exact) mass is 448 g/mol. The number of hydrogen-bond acceptors (Lipinski definition) is 5. The molecular weight excluding hydrogens is 424 g/mol. The summed E-state index contributed by atoms with van der Waals surface area (Å²) in [6, 6.07) is 20.3. The quantitative estimate of drug-likeness (QED) is 0.325. The van der Waals surface area contributed by atoms with Crippen LogP contribution in [0, 0.1) is 11.3 Å². The van der Waals surface area contributed by atoms with E-state index in [1.165, 1.54) is 18.2 Å². The number of nitrogen functional groups attached to an aromatic ring is 1. The summed E-state index contributed by atoms with van der Waals surface area (Å²) < 4.78 is 23.3. The minimum absolute atomic E-state index is 0.00412. The van der Waals surface area contributed by atoms with Gasteiger partial charge in [-0.3, -0.25) is 10.2 Å². The molecule has 3 aromatic carbocycles. The van der Waals surface area contributed by atoms with Crippen molar-refractivity contribution in [3.8, 4) is 0 Å². The van der Waals surface area contributed by atoms with Crippen molar-refractivity contribution in [3.63, 3.8) is 0 Å². The van der Waals surface area contributed by atoms with Gasteiger partial charge in [-0.15, -0.1) is 0 Å². The van der Waals surface area contributed by atoms with Gasteiger partial charge in [-0.25, -0.2) is 13.6 Å². The van der Waals surface area contributed by atoms with Crippen LogP contribution in [0.3, 0.4) is 0 Å². The van der Waals surface area contributed by atoms with E-state index >= 15 is 0 Å². The summed E-state index contributed by atoms with van der Waals surface area (Å²) in [7, 11) is -3.91. The fraction of sp³-hybridized carbons (Fsp3) is 0.167. The maximum absolute atomic E-state index is 13.1. The van der Waals surface area contributed by atoms with E-state index in [0.717, 1.165) is 18.4 Å². The van der Waals surface area contributed by atoms with Gasteiger partial charge < -0.3 is 11.1 Å². The molecule has 0 heterocycles. The van der Waals surface area contributed by atoms with Crippen LogP contribution in [0.4, 0.5) is 5.69 Å². The maximum Gasteiger partial charge on any atom is 0.251 e. The van der Waals surface area contributed by atoms with Crippen LogP contribution in [0.5, 0.6) is 0 Å². The maximum atomic E-state index is 13.1. The van der Waals surface area contributed by atoms with Crippen molar-refractivity contribution < 1.29 is 13.2 Å². The lowest BCUT2D eigenvalue weighted by atomic mass is 9.98. The highest BCUT2D eigenvalue weighted by atomic mass is 32.2. The van der Waals surface area contributed by atoms with Gasteiger partial charge in [0.2, 0.25) is 10.0 Å². The molecule has 1 saturated carbocycles. The van der Waals surface area contributed by atoms with Gasteiger partial charge >= 0.3 is 0 Å². The Morgan fingerprint density at radius 3 is 2.34 bits per heavy atom. The Hall–Kier alpha value is -3.49. The number of benzene rings is 3. The predicted molar refractivity (Wildman–Crippen MR) is 124 cm³/mol. The lowest BCUT2D eigenvalue weighted by Gasteiger charge is -2.19. The van der Waals surface area contributed by atoms with Crippen molar-refractivity contribution in [1.29, 1.82) is 5.41 Å². The first kappa shape index (κ1) is 21.7. The average molecular weight is 449 g/mol. The number of amides is 1. The number of carbonyl (C=O) groups excluding carboxylic acids is 1. The van der Waals surface area contributed by atoms with Gasteiger partial charge in [0.25, 0.3) is 5.91 Å². The highest BCUT2D eigenvalue weighted by molar-refractivity contribution is 7.89. The fourth-order valence-electron chi connectivity index (χ4n) is 3.69. The molecule has 32 heavy (non-hydrogen) atoms. The van der Waals surface area contributed by atoms with Crippen LogP contribution in [0.25, 0.3) is 0 Å². The van der Waals surface area contributed by atoms with E-state index in [0.29, 0.717) is 28.3 Å². The minimum Gasteiger partial charge on any atom is -0.398 e. The normalized spacial score (nSPS) is 14.5. The molecular formula is C24H24N4O3S. The third-order valence-corrected chi connectivity index (χ3v) is 6.49. The number of rotatable bonds is 7. The molecule has 8 heteroatoms. The van der Waals surface area contributed by atoms with Gasteiger partial charge in [-0.05, 0) is 54.7 Å². The standard InChI is InChI=1S/C24H24N4O3S/c25-21-12-11-18(24(29)28-23(16-9-10-16)15-5-2-1-3-6-15)14-20(21)22(26)17-7-4-8-19(13-17)32(27,30)31/h1-8,11-14,16,23,26H,9-10,25H2,(H,28,29)(H2,27,30,31). The van der Waals surface area contributed by atoms with Gasteiger partial charge in [0.1, 0.15) is 0 Å². The second kappa shape index (κ2) is 8.57. The molecule has 0 aromatic heterocycles. The lowest BCUT2D eigenvalue weighted by Crippen LogP contribution is -2.30. The number of sulfonamides is 1. The molecule has 1 amide bonds. The molecule has 1 fully saturated rings. The Kier molecular flexibility index (Phi) is 5.82. The second-order valence-corrected chi connectivity index (χ2v) is 9.51. The van der Waals surface area contributed by atoms with Gasteiger partial charge in [0.05, 0.1) is 16.6 Å². The van der Waals surface area contributed by atoms with E-state index in [4.69, 9.17) is 16.3 Å². The Morgan fingerprint density at radius 2 is 1.69 bits per heavy atom. The number of hydrogen-bond donors (Lipinski definition) is 4. The largest absolute Gasteiger partial charge is 0.398 e. The third kappa shape index (κ3) is 4.71. The summed E-state index contributed by atoms with van der Waals surface area (Å²) in [5.41, 5.74) is 8.52. The lowest BCUT2D eigenvalue weighted by molar-refractivity contribution is 0.0931. The number of nitrogens with one attached hydrogen (secondary N) is 2. The van der Waals surface area contributed by atoms with E-state index in [9.17, 15) is 13.2 Å². The first-order valence-electron chi connectivity index (χ1n) is 10.2. The van der Waals surface area contributed by atoms with Gasteiger partial charge in [0, 0.05) is 22.4 Å². The SMILES string of the molecule is N=C(c1cccc(S(N)(=O)=O)c1)c1cc(C(=O)NC(c2ccccc2)C2CC2)ccc1N. The van der Waals surface area contributed by atoms with E-state index in [-0.39, 0.29) is 22.6 Å². The molecule has 0 spiro atoms. The molecule has 0 saturated heterocycles. The minimum atomic E-state index is -3.91. The number of primary sulfonamides is 1. The average Bonchev–Trinajstić information content (AvgIpc) is 3.62. The number of carbonyl (C=O) groups is 1. The van der Waals surface area contributed by atoms with Crippen molar-refractivity contribution in [2.75, 3.05) is 5.73 Å². The molecule has 6 N–H and O–H groups in total. The van der Waals surface area contributed by atoms with Crippen LogP contribution >= 0.6 is 0 Å². The molecule has 164 valence electrons. The zero-order chi connectivity index (χ0) is 22.9. The molecule has 1 atom stereocenters. The topological polar surface area (TPSA) is 139 Å². The zero-order valence-electron chi connectivity index (χ0n) is 17.3. The third-order valence-electron chi connectivity index (χ3n) is 5.57. The summed E-state index contributed by atoms with van der Waals surface area (Å²) in [4.78, 5) is 13.0. The number of nitrogens with two attached hydrogens (primary N) is 2. The first-order valence-corrected chi connectivity index (χ1v) is 11.8. The summed E-state index contributed by atoms with van der Waals surface area (Å²) >= 11 is 0. The summed E-state index contributed by atoms with van der Waals surface area (Å²) in [5.74, 6) is 0.159. The molecule has 7 nitrogen and oxygen atoms in total. The predicted octanol–water partition coefficient (Wildman–Crippen LogP) is 3.21. The van der Waals surface area contributed by atoms with Gasteiger partial charge in [-0.1, -0.05) is 42.5 Å². The molecule has 1 aliphatic rings. The highest BCUT2D eigenvalue weighted by Gasteiger charge is 2.33. The van der Waals surface area contributed by atoms with Crippen LogP contribution in [-0.2, 0) is 10.0 Å². The first-order chi connectivity index (χ1) is 15.2. The van der Waals surface area contributed by atoms with Gasteiger partial charge in [-0.2, -0.15) is 0 Å². The van der Waals surface area contributed by atoms with E-state index in [1.807, 2.05) is 30.3 Å². The number of anilines is 1.